The lowest BCUT2D eigenvalue weighted by atomic mass is 9.79. The van der Waals surface area contributed by atoms with E-state index in [2.05, 4.69) is 64.3 Å². The van der Waals surface area contributed by atoms with Gasteiger partial charge in [0.15, 0.2) is 0 Å². The van der Waals surface area contributed by atoms with Gasteiger partial charge in [-0.3, -0.25) is 0 Å². The summed E-state index contributed by atoms with van der Waals surface area (Å²) in [5.41, 5.74) is 6.14. The third kappa shape index (κ3) is 11.9. The molecule has 1 heterocycles. The number of rotatable bonds is 8. The molecule has 0 bridgehead atoms. The largest absolute Gasteiger partial charge is 0.416 e. The van der Waals surface area contributed by atoms with E-state index < -0.39 is 47.0 Å². The first-order valence-electron chi connectivity index (χ1n) is 27.2. The molecule has 0 saturated carbocycles. The van der Waals surface area contributed by atoms with Crippen molar-refractivity contribution in [2.45, 2.75) is 77.1 Å². The third-order valence-corrected chi connectivity index (χ3v) is 15.5. The van der Waals surface area contributed by atoms with Crippen molar-refractivity contribution in [3.8, 4) is 83.6 Å². The van der Waals surface area contributed by atoms with E-state index in [9.17, 15) is 52.7 Å². The fourth-order valence-corrected chi connectivity index (χ4v) is 11.0. The highest BCUT2D eigenvalue weighted by Gasteiger charge is 2.34. The molecule has 0 radical (unpaired) electrons. The maximum absolute atomic E-state index is 14.2. The van der Waals surface area contributed by atoms with Gasteiger partial charge in [-0.2, -0.15) is 52.7 Å². The second-order valence-corrected chi connectivity index (χ2v) is 23.5. The van der Waals surface area contributed by atoms with Crippen LogP contribution in [0.2, 0.25) is 0 Å². The molecule has 0 unspecified atom stereocenters. The molecule has 10 aromatic carbocycles. The molecule has 85 heavy (non-hydrogen) atoms. The highest BCUT2D eigenvalue weighted by Crippen LogP contribution is 2.45. The van der Waals surface area contributed by atoms with Crippen LogP contribution < -0.4 is 0 Å². The van der Waals surface area contributed by atoms with Gasteiger partial charge in [-0.1, -0.05) is 139 Å². The van der Waals surface area contributed by atoms with Crippen LogP contribution in [0.4, 0.5) is 52.7 Å². The quantitative estimate of drug-likeness (QED) is 0.134. The summed E-state index contributed by atoms with van der Waals surface area (Å²) >= 11 is 0. The molecule has 0 atom stereocenters. The monoisotopic (exact) mass is 1160 g/mol. The van der Waals surface area contributed by atoms with Crippen molar-refractivity contribution < 1.29 is 52.7 Å². The van der Waals surface area contributed by atoms with Crippen LogP contribution in [0.1, 0.15) is 74.9 Å². The third-order valence-electron chi connectivity index (χ3n) is 15.5. The van der Waals surface area contributed by atoms with Crippen LogP contribution in [0.5, 0.6) is 0 Å². The molecule has 1 nitrogen and oxygen atoms in total. The molecule has 0 spiro atoms. The molecule has 13 heteroatoms. The van der Waals surface area contributed by atoms with Gasteiger partial charge >= 0.3 is 24.7 Å². The lowest BCUT2D eigenvalue weighted by molar-refractivity contribution is -0.138. The molecule has 0 amide bonds. The summed E-state index contributed by atoms with van der Waals surface area (Å²) < 4.78 is 173. The van der Waals surface area contributed by atoms with E-state index in [-0.39, 0.29) is 33.1 Å². The van der Waals surface area contributed by atoms with E-state index >= 15 is 0 Å². The first-order valence-corrected chi connectivity index (χ1v) is 27.2. The zero-order valence-corrected chi connectivity index (χ0v) is 46.7. The Hall–Kier alpha value is -8.84. The van der Waals surface area contributed by atoms with E-state index in [1.165, 1.54) is 48.5 Å². The van der Waals surface area contributed by atoms with Gasteiger partial charge in [0.2, 0.25) is 0 Å². The SMILES string of the molecule is CC(C)(C)c1cc(-c2ccccc2-n2c3ccc(-c4cc(-c5cccc(C(F)(F)F)c5)cc(-c5cccc(C(F)(F)F)c5)c4)cc3c3cc(-c4cc(-c5cccc(C(F)(F)F)c5)cc(-c5cccc(C(F)(F)F)c5)c4)ccc32)cc(C(C)(C)C)c1. The fourth-order valence-electron chi connectivity index (χ4n) is 11.0. The van der Waals surface area contributed by atoms with Crippen molar-refractivity contribution in [3.63, 3.8) is 0 Å². The molecule has 0 N–H and O–H groups in total. The molecule has 1 aromatic heterocycles. The normalized spacial score (nSPS) is 12.8. The van der Waals surface area contributed by atoms with Crippen molar-refractivity contribution >= 4 is 21.8 Å². The molecular weight excluding hydrogens is 1110 g/mol. The minimum Gasteiger partial charge on any atom is -0.309 e. The first kappa shape index (κ1) is 58.0. The standard InChI is InChI=1S/C72H53F12N/c1-67(2,3)59-37-54(38-60(41-59)68(4,5)6)61-21-7-8-22-64(61)85-65-25-23-46(52-29-48(42-13-9-17-55(33-42)69(73,74)75)27-49(30-52)43-14-10-18-56(34-43)70(76,77)78)39-62(65)63-40-47(24-26-66(63)85)53-31-50(44-15-11-19-57(35-44)71(79,80)81)28-51(32-53)45-16-12-20-58(36-45)72(82,83)84/h7-41H,1-6H3. The molecule has 430 valence electrons. The number of aromatic nitrogens is 1. The number of nitrogens with zero attached hydrogens (tertiary/aromatic N) is 1. The number of hydrogen-bond acceptors (Lipinski definition) is 0. The maximum Gasteiger partial charge on any atom is 0.416 e. The average Bonchev–Trinajstić information content (AvgIpc) is 1.89. The van der Waals surface area contributed by atoms with E-state index in [0.29, 0.717) is 66.3 Å². The Kier molecular flexibility index (Phi) is 14.3. The summed E-state index contributed by atoms with van der Waals surface area (Å²) in [6.07, 6.45) is -18.8. The Morgan fingerprint density at radius 3 is 0.812 bits per heavy atom. The van der Waals surface area contributed by atoms with Gasteiger partial charge in [0, 0.05) is 16.3 Å². The highest BCUT2D eigenvalue weighted by atomic mass is 19.4. The number of benzene rings is 10. The van der Waals surface area contributed by atoms with E-state index in [1.807, 2.05) is 60.7 Å². The molecule has 11 aromatic rings. The summed E-state index contributed by atoms with van der Waals surface area (Å²) in [6.45, 7) is 12.9. The average molecular weight is 1160 g/mol. The smallest absolute Gasteiger partial charge is 0.309 e. The number of alkyl halides is 12. The maximum atomic E-state index is 14.2. The van der Waals surface area contributed by atoms with Gasteiger partial charge in [-0.15, -0.1) is 0 Å². The Morgan fingerprint density at radius 2 is 0.518 bits per heavy atom. The second kappa shape index (κ2) is 21.0. The second-order valence-electron chi connectivity index (χ2n) is 23.5. The van der Waals surface area contributed by atoms with Crippen LogP contribution in [0.3, 0.4) is 0 Å². The van der Waals surface area contributed by atoms with Crippen LogP contribution in [0, 0.1) is 0 Å². The summed E-state index contributed by atoms with van der Waals surface area (Å²) in [7, 11) is 0. The molecule has 0 aliphatic heterocycles. The lowest BCUT2D eigenvalue weighted by Gasteiger charge is -2.27. The summed E-state index contributed by atoms with van der Waals surface area (Å²) in [5.74, 6) is 0. The van der Waals surface area contributed by atoms with Crippen molar-refractivity contribution in [2.75, 3.05) is 0 Å². The number of hydrogen-bond donors (Lipinski definition) is 0. The van der Waals surface area contributed by atoms with Crippen LogP contribution >= 0.6 is 0 Å². The fraction of sp³-hybridized carbons (Fsp3) is 0.167. The predicted octanol–water partition coefficient (Wildman–Crippen LogP) is 23.1. The topological polar surface area (TPSA) is 4.93 Å². The van der Waals surface area contributed by atoms with Crippen molar-refractivity contribution in [3.05, 3.63) is 246 Å². The van der Waals surface area contributed by atoms with Crippen molar-refractivity contribution in [2.24, 2.45) is 0 Å². The van der Waals surface area contributed by atoms with Crippen molar-refractivity contribution in [1.29, 1.82) is 0 Å². The highest BCUT2D eigenvalue weighted by molar-refractivity contribution is 6.12. The van der Waals surface area contributed by atoms with Gasteiger partial charge in [0.05, 0.1) is 39.0 Å². The predicted molar refractivity (Wildman–Crippen MR) is 316 cm³/mol. The molecule has 0 saturated heterocycles. The minimum absolute atomic E-state index is 0.172. The number of para-hydroxylation sites is 1. The summed E-state index contributed by atoms with van der Waals surface area (Å²) in [4.78, 5) is 0. The Bertz CT molecular complexity index is 3980. The van der Waals surface area contributed by atoms with Gasteiger partial charge in [-0.05, 0) is 210 Å². The van der Waals surface area contributed by atoms with Crippen LogP contribution in [0.25, 0.3) is 105 Å². The summed E-state index contributed by atoms with van der Waals surface area (Å²) in [5, 5.41) is 1.33. The van der Waals surface area contributed by atoms with Crippen molar-refractivity contribution in [1.82, 2.24) is 4.57 Å². The van der Waals surface area contributed by atoms with Crippen LogP contribution in [0.15, 0.2) is 212 Å². The van der Waals surface area contributed by atoms with Gasteiger partial charge in [-0.25, -0.2) is 0 Å². The number of halogens is 12. The van der Waals surface area contributed by atoms with E-state index in [0.717, 1.165) is 76.5 Å². The minimum atomic E-state index is -4.70. The Balaban J connectivity index is 1.19. The Morgan fingerprint density at radius 1 is 0.235 bits per heavy atom. The van der Waals surface area contributed by atoms with Gasteiger partial charge in [0.1, 0.15) is 0 Å². The lowest BCUT2D eigenvalue weighted by Crippen LogP contribution is -2.16. The van der Waals surface area contributed by atoms with Gasteiger partial charge in [0.25, 0.3) is 0 Å². The van der Waals surface area contributed by atoms with Crippen LogP contribution in [-0.2, 0) is 35.5 Å². The zero-order valence-electron chi connectivity index (χ0n) is 46.7. The van der Waals surface area contributed by atoms with E-state index in [1.54, 1.807) is 36.4 Å². The molecule has 0 aliphatic carbocycles. The van der Waals surface area contributed by atoms with Crippen LogP contribution in [-0.4, -0.2) is 4.57 Å². The number of fused-ring (bicyclic) bond motifs is 3. The molecule has 0 aliphatic rings. The first-order chi connectivity index (χ1) is 39.9. The zero-order chi connectivity index (χ0) is 60.8. The molecule has 0 fully saturated rings. The Labute approximate surface area is 483 Å². The molecule has 11 rings (SSSR count). The van der Waals surface area contributed by atoms with Gasteiger partial charge < -0.3 is 4.57 Å². The summed E-state index contributed by atoms with van der Waals surface area (Å²) in [6, 6.07) is 54.6. The molecular formula is C72H53F12N. The van der Waals surface area contributed by atoms with E-state index in [4.69, 9.17) is 0 Å².